The Morgan fingerprint density at radius 2 is 1.81 bits per heavy atom. The second-order valence-electron chi connectivity index (χ2n) is 3.17. The molecule has 0 spiro atoms. The van der Waals surface area contributed by atoms with Gasteiger partial charge < -0.3 is 10.2 Å². The van der Waals surface area contributed by atoms with Crippen LogP contribution in [0.2, 0.25) is 0 Å². The number of rotatable bonds is 0. The van der Waals surface area contributed by atoms with Gasteiger partial charge in [0.25, 0.3) is 0 Å². The molecule has 1 heterocycles. The number of fused-ring (bicyclic) bond motifs is 1. The first-order valence-electron chi connectivity index (χ1n) is 4.30. The number of hydrogen-bond acceptors (Lipinski definition) is 3. The number of alkyl halides is 3. The van der Waals surface area contributed by atoms with Crippen LogP contribution in [0.5, 0.6) is 0 Å². The van der Waals surface area contributed by atoms with Crippen LogP contribution in [-0.2, 0) is 6.18 Å². The standard InChI is InChI=1S/C10H6F3NO2/c11-10(12,13)7-8(14)5-3-1-2-4-6(5)16-9(7)15/h1-4H,14H2. The van der Waals surface area contributed by atoms with E-state index in [4.69, 9.17) is 5.73 Å². The molecule has 1 aromatic heterocycles. The number of halogens is 3. The lowest BCUT2D eigenvalue weighted by Crippen LogP contribution is -2.21. The molecule has 2 aromatic rings. The number of nitrogens with two attached hydrogens (primary N) is 1. The van der Waals surface area contributed by atoms with Crippen molar-refractivity contribution in [3.8, 4) is 0 Å². The maximum absolute atomic E-state index is 12.5. The summed E-state index contributed by atoms with van der Waals surface area (Å²) in [5, 5.41) is 0.0782. The maximum Gasteiger partial charge on any atom is 0.425 e. The lowest BCUT2D eigenvalue weighted by Gasteiger charge is -2.09. The van der Waals surface area contributed by atoms with Crippen molar-refractivity contribution in [1.82, 2.24) is 0 Å². The fourth-order valence-electron chi connectivity index (χ4n) is 1.44. The molecule has 2 N–H and O–H groups in total. The van der Waals surface area contributed by atoms with Crippen LogP contribution in [0.25, 0.3) is 11.0 Å². The molecular weight excluding hydrogens is 223 g/mol. The van der Waals surface area contributed by atoms with E-state index in [1.54, 1.807) is 0 Å². The van der Waals surface area contributed by atoms with Gasteiger partial charge in [0.15, 0.2) is 5.56 Å². The Labute approximate surface area is 87.3 Å². The average molecular weight is 229 g/mol. The van der Waals surface area contributed by atoms with Gasteiger partial charge in [-0.25, -0.2) is 4.79 Å². The summed E-state index contributed by atoms with van der Waals surface area (Å²) < 4.78 is 42.0. The summed E-state index contributed by atoms with van der Waals surface area (Å²) in [5.74, 6) is 0. The van der Waals surface area contributed by atoms with Gasteiger partial charge in [0.2, 0.25) is 0 Å². The second kappa shape index (κ2) is 3.26. The Kier molecular flexibility index (Phi) is 2.15. The highest BCUT2D eigenvalue weighted by Crippen LogP contribution is 2.34. The molecule has 84 valence electrons. The van der Waals surface area contributed by atoms with Gasteiger partial charge in [0.05, 0.1) is 5.69 Å². The number of benzene rings is 1. The van der Waals surface area contributed by atoms with Crippen LogP contribution >= 0.6 is 0 Å². The predicted molar refractivity (Wildman–Crippen MR) is 51.9 cm³/mol. The van der Waals surface area contributed by atoms with Crippen molar-refractivity contribution in [3.63, 3.8) is 0 Å². The van der Waals surface area contributed by atoms with E-state index in [1.165, 1.54) is 24.3 Å². The van der Waals surface area contributed by atoms with E-state index in [0.29, 0.717) is 0 Å². The molecule has 1 aromatic carbocycles. The highest BCUT2D eigenvalue weighted by Gasteiger charge is 2.38. The molecule has 0 unspecified atom stereocenters. The van der Waals surface area contributed by atoms with E-state index in [-0.39, 0.29) is 11.0 Å². The van der Waals surface area contributed by atoms with Crippen LogP contribution in [0.1, 0.15) is 5.56 Å². The van der Waals surface area contributed by atoms with Gasteiger partial charge in [0, 0.05) is 5.39 Å². The molecule has 0 bridgehead atoms. The fraction of sp³-hybridized carbons (Fsp3) is 0.100. The first-order valence-corrected chi connectivity index (χ1v) is 4.30. The Bertz CT molecular complexity index is 601. The van der Waals surface area contributed by atoms with E-state index in [2.05, 4.69) is 4.42 Å². The first-order chi connectivity index (χ1) is 7.41. The van der Waals surface area contributed by atoms with E-state index in [0.717, 1.165) is 0 Å². The first kappa shape index (κ1) is 10.5. The van der Waals surface area contributed by atoms with Crippen LogP contribution in [0.3, 0.4) is 0 Å². The summed E-state index contributed by atoms with van der Waals surface area (Å²) in [5.41, 5.74) is 1.85. The van der Waals surface area contributed by atoms with Gasteiger partial charge in [-0.2, -0.15) is 13.2 Å². The lowest BCUT2D eigenvalue weighted by molar-refractivity contribution is -0.138. The zero-order valence-electron chi connectivity index (χ0n) is 7.84. The van der Waals surface area contributed by atoms with Crippen LogP contribution < -0.4 is 11.4 Å². The molecule has 2 rings (SSSR count). The maximum atomic E-state index is 12.5. The van der Waals surface area contributed by atoms with Crippen LogP contribution in [0, 0.1) is 0 Å². The van der Waals surface area contributed by atoms with Gasteiger partial charge in [-0.15, -0.1) is 0 Å². The van der Waals surface area contributed by atoms with Gasteiger partial charge in [-0.05, 0) is 12.1 Å². The topological polar surface area (TPSA) is 56.2 Å². The second-order valence-corrected chi connectivity index (χ2v) is 3.17. The minimum atomic E-state index is -4.81. The predicted octanol–water partition coefficient (Wildman–Crippen LogP) is 2.39. The molecule has 0 saturated carbocycles. The SMILES string of the molecule is Nc1c(C(F)(F)F)c(=O)oc2ccccc12. The molecule has 0 radical (unpaired) electrons. The Balaban J connectivity index is 2.92. The normalized spacial score (nSPS) is 11.9. The highest BCUT2D eigenvalue weighted by atomic mass is 19.4. The summed E-state index contributed by atoms with van der Waals surface area (Å²) >= 11 is 0. The molecule has 3 nitrogen and oxygen atoms in total. The van der Waals surface area contributed by atoms with Gasteiger partial charge in [0.1, 0.15) is 5.58 Å². The molecule has 16 heavy (non-hydrogen) atoms. The van der Waals surface area contributed by atoms with Crippen LogP contribution in [0.4, 0.5) is 18.9 Å². The van der Waals surface area contributed by atoms with Gasteiger partial charge >= 0.3 is 11.8 Å². The Morgan fingerprint density at radius 1 is 1.19 bits per heavy atom. The van der Waals surface area contributed by atoms with Crippen LogP contribution in [-0.4, -0.2) is 0 Å². The number of hydrogen-bond donors (Lipinski definition) is 1. The smallest absolute Gasteiger partial charge is 0.422 e. The molecule has 0 aliphatic heterocycles. The van der Waals surface area contributed by atoms with Crippen LogP contribution in [0.15, 0.2) is 33.5 Å². The third kappa shape index (κ3) is 1.52. The van der Waals surface area contributed by atoms with E-state index in [9.17, 15) is 18.0 Å². The fourth-order valence-corrected chi connectivity index (χ4v) is 1.44. The van der Waals surface area contributed by atoms with E-state index < -0.39 is 23.1 Å². The molecule has 0 fully saturated rings. The molecule has 6 heteroatoms. The summed E-state index contributed by atoms with van der Waals surface area (Å²) in [6.45, 7) is 0. The van der Waals surface area contributed by atoms with Crippen molar-refractivity contribution in [2.24, 2.45) is 0 Å². The minimum absolute atomic E-state index is 0.0398. The minimum Gasteiger partial charge on any atom is -0.422 e. The summed E-state index contributed by atoms with van der Waals surface area (Å²) in [7, 11) is 0. The van der Waals surface area contributed by atoms with E-state index >= 15 is 0 Å². The summed E-state index contributed by atoms with van der Waals surface area (Å²) in [6.07, 6.45) is -4.81. The Hall–Kier alpha value is -1.98. The Morgan fingerprint density at radius 3 is 2.44 bits per heavy atom. The van der Waals surface area contributed by atoms with Crippen molar-refractivity contribution in [2.75, 3.05) is 5.73 Å². The molecule has 0 atom stereocenters. The number of anilines is 1. The third-order valence-corrected chi connectivity index (χ3v) is 2.14. The molecular formula is C10H6F3NO2. The molecule has 0 amide bonds. The van der Waals surface area contributed by atoms with Crippen molar-refractivity contribution in [1.29, 1.82) is 0 Å². The van der Waals surface area contributed by atoms with Crippen molar-refractivity contribution >= 4 is 16.7 Å². The third-order valence-electron chi connectivity index (χ3n) is 2.14. The zero-order valence-corrected chi connectivity index (χ0v) is 7.84. The summed E-state index contributed by atoms with van der Waals surface area (Å²) in [6, 6.07) is 5.80. The van der Waals surface area contributed by atoms with Crippen molar-refractivity contribution in [3.05, 3.63) is 40.2 Å². The lowest BCUT2D eigenvalue weighted by atomic mass is 10.1. The summed E-state index contributed by atoms with van der Waals surface area (Å²) in [4.78, 5) is 11.1. The zero-order chi connectivity index (χ0) is 11.9. The average Bonchev–Trinajstić information content (AvgIpc) is 2.15. The molecule has 0 aliphatic carbocycles. The molecule has 0 aliphatic rings. The van der Waals surface area contributed by atoms with Crippen molar-refractivity contribution < 1.29 is 17.6 Å². The number of para-hydroxylation sites is 1. The largest absolute Gasteiger partial charge is 0.425 e. The highest BCUT2D eigenvalue weighted by molar-refractivity contribution is 5.90. The van der Waals surface area contributed by atoms with Crippen molar-refractivity contribution in [2.45, 2.75) is 6.18 Å². The number of nitrogen functional groups attached to an aromatic ring is 1. The quantitative estimate of drug-likeness (QED) is 0.705. The monoisotopic (exact) mass is 229 g/mol. The molecule has 0 saturated heterocycles. The van der Waals surface area contributed by atoms with Gasteiger partial charge in [-0.1, -0.05) is 12.1 Å². The van der Waals surface area contributed by atoms with E-state index in [1.807, 2.05) is 0 Å². The van der Waals surface area contributed by atoms with Gasteiger partial charge in [-0.3, -0.25) is 0 Å².